The van der Waals surface area contributed by atoms with Gasteiger partial charge >= 0.3 is 0 Å². The first kappa shape index (κ1) is 21.9. The van der Waals surface area contributed by atoms with Crippen LogP contribution in [0.25, 0.3) is 53.8 Å². The van der Waals surface area contributed by atoms with E-state index in [4.69, 9.17) is 6.57 Å². The summed E-state index contributed by atoms with van der Waals surface area (Å²) in [5.41, 5.74) is 9.53. The average Bonchev–Trinajstić information content (AvgIpc) is 3.13. The van der Waals surface area contributed by atoms with Gasteiger partial charge in [-0.25, -0.2) is 11.1 Å². The van der Waals surface area contributed by atoms with Crippen molar-refractivity contribution in [3.63, 3.8) is 0 Å². The van der Waals surface area contributed by atoms with Crippen molar-refractivity contribution in [3.8, 4) is 0 Å². The SMILES string of the molecule is [C-]#[N+]C(C)(C)c1cc2cc[n+](C)c3c4c(C)c(C)cc5c6ccc(CC(C)C)cc6n(c(c1)c23)c54. The van der Waals surface area contributed by atoms with Gasteiger partial charge in [-0.15, -0.1) is 0 Å². The number of benzene rings is 3. The molecule has 0 saturated heterocycles. The number of aromatic nitrogens is 2. The molecule has 3 heterocycles. The molecule has 6 aromatic rings. The van der Waals surface area contributed by atoms with E-state index in [0.29, 0.717) is 5.92 Å². The molecular weight excluding hydrogens is 426 g/mol. The lowest BCUT2D eigenvalue weighted by Crippen LogP contribution is -2.29. The molecule has 0 amide bonds. The predicted molar refractivity (Wildman–Crippen MR) is 147 cm³/mol. The molecule has 3 aromatic heterocycles. The van der Waals surface area contributed by atoms with Crippen LogP contribution in [0.3, 0.4) is 0 Å². The quantitative estimate of drug-likeness (QED) is 0.111. The molecule has 0 aliphatic carbocycles. The molecule has 174 valence electrons. The fourth-order valence-corrected chi connectivity index (χ4v) is 5.97. The molecule has 0 saturated carbocycles. The van der Waals surface area contributed by atoms with Gasteiger partial charge in [-0.05, 0) is 72.5 Å². The summed E-state index contributed by atoms with van der Waals surface area (Å²) >= 11 is 0. The molecule has 0 bridgehead atoms. The van der Waals surface area contributed by atoms with Gasteiger partial charge in [0.05, 0.1) is 27.3 Å². The molecule has 35 heavy (non-hydrogen) atoms. The van der Waals surface area contributed by atoms with Gasteiger partial charge in [-0.2, -0.15) is 0 Å². The van der Waals surface area contributed by atoms with Gasteiger partial charge in [0.15, 0.2) is 6.20 Å². The maximum Gasteiger partial charge on any atom is 0.252 e. The summed E-state index contributed by atoms with van der Waals surface area (Å²) in [6.07, 6.45) is 3.23. The van der Waals surface area contributed by atoms with Crippen LogP contribution >= 0.6 is 0 Å². The second-order valence-corrected chi connectivity index (χ2v) is 11.3. The Morgan fingerprint density at radius 3 is 2.46 bits per heavy atom. The minimum Gasteiger partial charge on any atom is -0.307 e. The number of fused-ring (bicyclic) bond motifs is 5. The van der Waals surface area contributed by atoms with Crippen molar-refractivity contribution in [1.82, 2.24) is 4.40 Å². The fourth-order valence-electron chi connectivity index (χ4n) is 5.97. The van der Waals surface area contributed by atoms with Crippen molar-refractivity contribution < 1.29 is 4.57 Å². The maximum atomic E-state index is 7.86. The smallest absolute Gasteiger partial charge is 0.252 e. The first-order chi connectivity index (χ1) is 16.6. The number of rotatable bonds is 3. The van der Waals surface area contributed by atoms with E-state index in [2.05, 4.69) is 97.2 Å². The standard InChI is InChI=1S/C32H32N3/c1-18(2)13-21-9-10-24-25-14-19(3)20(4)28-30(25)35(26(24)15-21)27-17-23(32(5,6)33-7)16-22-11-12-34(8)31(28)29(22)27/h9-12,14-18H,13H2,1-6,8H3/q+1. The van der Waals surface area contributed by atoms with Crippen LogP contribution in [0.15, 0.2) is 48.7 Å². The highest BCUT2D eigenvalue weighted by atomic mass is 15.0. The molecule has 0 spiro atoms. The summed E-state index contributed by atoms with van der Waals surface area (Å²) in [5.74, 6) is 0.604. The highest BCUT2D eigenvalue weighted by Crippen LogP contribution is 2.43. The number of nitrogens with zero attached hydrogens (tertiary/aromatic N) is 3. The van der Waals surface area contributed by atoms with Crippen molar-refractivity contribution in [1.29, 1.82) is 0 Å². The first-order valence-electron chi connectivity index (χ1n) is 12.6. The summed E-state index contributed by atoms with van der Waals surface area (Å²) in [5, 5.41) is 6.41. The molecule has 0 radical (unpaired) electrons. The number of pyridine rings is 2. The van der Waals surface area contributed by atoms with Crippen molar-refractivity contribution >= 4 is 49.0 Å². The number of aryl methyl sites for hydroxylation is 3. The summed E-state index contributed by atoms with van der Waals surface area (Å²) < 4.78 is 4.77. The number of hydrogen-bond donors (Lipinski definition) is 0. The van der Waals surface area contributed by atoms with E-state index in [0.717, 1.165) is 12.0 Å². The molecule has 0 atom stereocenters. The van der Waals surface area contributed by atoms with Crippen molar-refractivity contribution in [3.05, 3.63) is 82.3 Å². The van der Waals surface area contributed by atoms with E-state index in [1.807, 2.05) is 13.8 Å². The summed E-state index contributed by atoms with van der Waals surface area (Å²) in [6.45, 7) is 21.0. The van der Waals surface area contributed by atoms with Crippen molar-refractivity contribution in [2.24, 2.45) is 13.0 Å². The molecule has 3 nitrogen and oxygen atoms in total. The van der Waals surface area contributed by atoms with E-state index in [1.165, 1.54) is 65.7 Å². The van der Waals surface area contributed by atoms with Crippen LogP contribution in [-0.4, -0.2) is 4.40 Å². The third kappa shape index (κ3) is 2.93. The van der Waals surface area contributed by atoms with Crippen molar-refractivity contribution in [2.45, 2.75) is 53.5 Å². The van der Waals surface area contributed by atoms with Crippen LogP contribution in [-0.2, 0) is 19.0 Å². The Bertz CT molecular complexity index is 1860. The zero-order valence-electron chi connectivity index (χ0n) is 21.7. The molecular formula is C32H32N3+. The normalized spacial score (nSPS) is 12.8. The highest BCUT2D eigenvalue weighted by Gasteiger charge is 2.30. The van der Waals surface area contributed by atoms with Gasteiger partial charge in [0.25, 0.3) is 5.54 Å². The lowest BCUT2D eigenvalue weighted by Gasteiger charge is -2.17. The molecule has 3 aromatic carbocycles. The van der Waals surface area contributed by atoms with Crippen LogP contribution < -0.4 is 4.57 Å². The molecule has 0 aliphatic rings. The first-order valence-corrected chi connectivity index (χ1v) is 12.6. The minimum atomic E-state index is -0.586. The Morgan fingerprint density at radius 2 is 1.74 bits per heavy atom. The topological polar surface area (TPSA) is 12.7 Å². The summed E-state index contributed by atoms with van der Waals surface area (Å²) in [7, 11) is 2.15. The van der Waals surface area contributed by atoms with Crippen LogP contribution in [0.1, 0.15) is 49.9 Å². The zero-order chi connectivity index (χ0) is 24.8. The third-order valence-corrected chi connectivity index (χ3v) is 7.96. The maximum absolute atomic E-state index is 7.86. The molecule has 0 unspecified atom stereocenters. The van der Waals surface area contributed by atoms with Crippen LogP contribution in [0.4, 0.5) is 0 Å². The predicted octanol–water partition coefficient (Wildman–Crippen LogP) is 7.78. The van der Waals surface area contributed by atoms with Gasteiger partial charge in [0.2, 0.25) is 5.52 Å². The Morgan fingerprint density at radius 1 is 0.971 bits per heavy atom. The van der Waals surface area contributed by atoms with Gasteiger partial charge in [-0.3, -0.25) is 0 Å². The van der Waals surface area contributed by atoms with Crippen LogP contribution in [0, 0.1) is 26.3 Å². The fraction of sp³-hybridized carbons (Fsp3) is 0.312. The minimum absolute atomic E-state index is 0.586. The molecule has 0 N–H and O–H groups in total. The zero-order valence-corrected chi connectivity index (χ0v) is 21.7. The second kappa shape index (κ2) is 7.18. The van der Waals surface area contributed by atoms with E-state index in [1.54, 1.807) is 0 Å². The van der Waals surface area contributed by atoms with Gasteiger partial charge < -0.3 is 9.25 Å². The van der Waals surface area contributed by atoms with Gasteiger partial charge in [0.1, 0.15) is 7.05 Å². The summed E-state index contributed by atoms with van der Waals surface area (Å²) in [6, 6.07) is 16.1. The van der Waals surface area contributed by atoms with E-state index >= 15 is 0 Å². The number of hydrogen-bond acceptors (Lipinski definition) is 0. The molecule has 3 heteroatoms. The van der Waals surface area contributed by atoms with Crippen LogP contribution in [0.5, 0.6) is 0 Å². The van der Waals surface area contributed by atoms with E-state index in [9.17, 15) is 0 Å². The van der Waals surface area contributed by atoms with E-state index in [-0.39, 0.29) is 0 Å². The lowest BCUT2D eigenvalue weighted by atomic mass is 9.90. The van der Waals surface area contributed by atoms with Crippen LogP contribution in [0.2, 0.25) is 0 Å². The Hall–Kier alpha value is -3.64. The summed E-state index contributed by atoms with van der Waals surface area (Å²) in [4.78, 5) is 3.98. The molecule has 0 aliphatic heterocycles. The van der Waals surface area contributed by atoms with Gasteiger partial charge in [0, 0.05) is 36.2 Å². The average molecular weight is 459 g/mol. The Kier molecular flexibility index (Phi) is 4.49. The largest absolute Gasteiger partial charge is 0.307 e. The Labute approximate surface area is 206 Å². The molecule has 6 rings (SSSR count). The molecule has 0 fully saturated rings. The highest BCUT2D eigenvalue weighted by molar-refractivity contribution is 6.26. The monoisotopic (exact) mass is 458 g/mol. The Balaban J connectivity index is 1.97. The second-order valence-electron chi connectivity index (χ2n) is 11.3. The van der Waals surface area contributed by atoms with E-state index < -0.39 is 5.54 Å². The van der Waals surface area contributed by atoms with Gasteiger partial charge in [-0.1, -0.05) is 26.0 Å². The van der Waals surface area contributed by atoms with Crippen molar-refractivity contribution in [2.75, 3.05) is 0 Å². The lowest BCUT2D eigenvalue weighted by molar-refractivity contribution is -0.643. The third-order valence-electron chi connectivity index (χ3n) is 7.96.